The highest BCUT2D eigenvalue weighted by molar-refractivity contribution is 8.26. The summed E-state index contributed by atoms with van der Waals surface area (Å²) in [5, 5.41) is 10.2. The Morgan fingerprint density at radius 1 is 1.05 bits per heavy atom. The molecule has 0 aromatic heterocycles. The summed E-state index contributed by atoms with van der Waals surface area (Å²) in [6.45, 7) is 2.38. The van der Waals surface area contributed by atoms with Gasteiger partial charge in [0.25, 0.3) is 27.9 Å². The Morgan fingerprint density at radius 3 is 2.34 bits per heavy atom. The van der Waals surface area contributed by atoms with E-state index in [1.165, 1.54) is 4.90 Å². The van der Waals surface area contributed by atoms with Gasteiger partial charge in [-0.2, -0.15) is 8.42 Å². The van der Waals surface area contributed by atoms with E-state index in [-0.39, 0.29) is 27.9 Å². The van der Waals surface area contributed by atoms with E-state index >= 15 is 0 Å². The number of aliphatic carboxylic acids is 1. The number of para-hydroxylation sites is 1. The summed E-state index contributed by atoms with van der Waals surface area (Å²) in [6, 6.07) is 14.0. The third-order valence-corrected chi connectivity index (χ3v) is 7.32. The predicted octanol–water partition coefficient (Wildman–Crippen LogP) is 2.53. The molecule has 2 aromatic rings. The van der Waals surface area contributed by atoms with Crippen LogP contribution in [-0.4, -0.2) is 69.8 Å². The molecule has 0 spiro atoms. The van der Waals surface area contributed by atoms with Gasteiger partial charge in [0.2, 0.25) is 5.91 Å². The molecule has 3 amide bonds. The summed E-state index contributed by atoms with van der Waals surface area (Å²) in [5.74, 6) is -3.08. The molecule has 0 unspecified atom stereocenters. The number of carbonyl (C=O) groups is 4. The smallest absolute Gasteiger partial charge is 0.300 e. The molecule has 4 rings (SSSR count). The second-order valence-corrected chi connectivity index (χ2v) is 11.4. The van der Waals surface area contributed by atoms with Crippen LogP contribution in [0.15, 0.2) is 53.4 Å². The van der Waals surface area contributed by atoms with E-state index in [2.05, 4.69) is 5.32 Å². The average Bonchev–Trinajstić information content (AvgIpc) is 3.23. The van der Waals surface area contributed by atoms with Gasteiger partial charge in [-0.25, -0.2) is 0 Å². The molecule has 2 aromatic carbocycles. The summed E-state index contributed by atoms with van der Waals surface area (Å²) in [7, 11) is -4.30. The SMILES string of the molecule is CC(=O)O.Cc1cccc(NC(=O)CN2C(=O)/C(=C3\SC(=S)N(CCS(=O)(=O)O)C3=O)c3ccccc32)c1. The number of hydrogen-bond donors (Lipinski definition) is 3. The highest BCUT2D eigenvalue weighted by Gasteiger charge is 2.42. The average molecular weight is 578 g/mol. The number of anilines is 2. The zero-order valence-corrected chi connectivity index (χ0v) is 22.7. The zero-order valence-electron chi connectivity index (χ0n) is 20.2. The van der Waals surface area contributed by atoms with Crippen LogP contribution in [0.25, 0.3) is 5.57 Å². The molecule has 38 heavy (non-hydrogen) atoms. The van der Waals surface area contributed by atoms with Gasteiger partial charge in [-0.3, -0.25) is 33.5 Å². The van der Waals surface area contributed by atoms with Gasteiger partial charge in [0.15, 0.2) is 0 Å². The molecular weight excluding hydrogens is 554 g/mol. The largest absolute Gasteiger partial charge is 0.481 e. The first-order chi connectivity index (χ1) is 17.8. The Hall–Kier alpha value is -3.59. The van der Waals surface area contributed by atoms with E-state index in [9.17, 15) is 22.8 Å². The maximum Gasteiger partial charge on any atom is 0.300 e. The number of carbonyl (C=O) groups excluding carboxylic acids is 3. The van der Waals surface area contributed by atoms with Gasteiger partial charge in [-0.05, 0) is 30.7 Å². The first kappa shape index (κ1) is 29.0. The molecule has 1 saturated heterocycles. The Bertz CT molecular complexity index is 1470. The maximum atomic E-state index is 13.4. The van der Waals surface area contributed by atoms with E-state index < -0.39 is 39.6 Å². The van der Waals surface area contributed by atoms with Crippen molar-refractivity contribution in [3.05, 3.63) is 64.6 Å². The Morgan fingerprint density at radius 2 is 1.71 bits per heavy atom. The number of amides is 3. The number of fused-ring (bicyclic) bond motifs is 1. The summed E-state index contributed by atoms with van der Waals surface area (Å²) in [5.41, 5.74) is 2.63. The molecule has 2 aliphatic rings. The van der Waals surface area contributed by atoms with E-state index in [1.54, 1.807) is 36.4 Å². The molecule has 0 atom stereocenters. The molecule has 1 fully saturated rings. The Balaban J connectivity index is 0.000000934. The van der Waals surface area contributed by atoms with Gasteiger partial charge in [-0.15, -0.1) is 0 Å². The predicted molar refractivity (Wildman–Crippen MR) is 147 cm³/mol. The van der Waals surface area contributed by atoms with Crippen molar-refractivity contribution in [1.29, 1.82) is 0 Å². The van der Waals surface area contributed by atoms with Crippen LogP contribution in [0.1, 0.15) is 18.1 Å². The summed E-state index contributed by atoms with van der Waals surface area (Å²) in [6.07, 6.45) is 0. The van der Waals surface area contributed by atoms with E-state index in [1.807, 2.05) is 19.1 Å². The van der Waals surface area contributed by atoms with Crippen LogP contribution >= 0.6 is 24.0 Å². The van der Waals surface area contributed by atoms with Crippen molar-refractivity contribution in [2.24, 2.45) is 0 Å². The molecule has 11 nitrogen and oxygen atoms in total. The standard InChI is InChI=1S/C22H19N3O6S3.C2H4O2/c1-13-5-4-6-14(11-13)23-17(26)12-25-16-8-3-2-7-15(16)18(20(25)27)19-21(28)24(22(32)33-19)9-10-34(29,30)31;1-2(3)4/h2-8,11H,9-10,12H2,1H3,(H,23,26)(H,29,30,31);1H3,(H,3,4)/b19-18-;. The molecule has 0 aliphatic carbocycles. The first-order valence-electron chi connectivity index (χ1n) is 11.0. The van der Waals surface area contributed by atoms with Crippen LogP contribution < -0.4 is 10.2 Å². The number of nitrogens with one attached hydrogen (secondary N) is 1. The first-order valence-corrected chi connectivity index (χ1v) is 13.8. The molecule has 0 radical (unpaired) electrons. The molecule has 0 bridgehead atoms. The van der Waals surface area contributed by atoms with Crippen molar-refractivity contribution in [2.75, 3.05) is 29.1 Å². The van der Waals surface area contributed by atoms with Crippen molar-refractivity contribution < 1.29 is 37.3 Å². The Kier molecular flexibility index (Phi) is 9.04. The molecule has 3 N–H and O–H groups in total. The van der Waals surface area contributed by atoms with E-state index in [0.29, 0.717) is 16.9 Å². The summed E-state index contributed by atoms with van der Waals surface area (Å²) < 4.78 is 31.3. The quantitative estimate of drug-likeness (QED) is 0.264. The van der Waals surface area contributed by atoms with Crippen molar-refractivity contribution in [3.63, 3.8) is 0 Å². The number of hydrogen-bond acceptors (Lipinski definition) is 8. The van der Waals surface area contributed by atoms with Gasteiger partial charge in [0.1, 0.15) is 10.9 Å². The number of thiocarbonyl (C=S) groups is 1. The lowest BCUT2D eigenvalue weighted by Crippen LogP contribution is -2.36. The summed E-state index contributed by atoms with van der Waals surface area (Å²) in [4.78, 5) is 50.5. The minimum Gasteiger partial charge on any atom is -0.481 e. The fraction of sp³-hybridized carbons (Fsp3) is 0.208. The van der Waals surface area contributed by atoms with Gasteiger partial charge in [0.05, 0.1) is 21.9 Å². The fourth-order valence-corrected chi connectivity index (χ4v) is 5.47. The minimum absolute atomic E-state index is 0.0550. The topological polar surface area (TPSA) is 161 Å². The lowest BCUT2D eigenvalue weighted by atomic mass is 10.1. The van der Waals surface area contributed by atoms with Gasteiger partial charge in [0, 0.05) is 24.7 Å². The summed E-state index contributed by atoms with van der Waals surface area (Å²) >= 11 is 6.09. The molecule has 200 valence electrons. The molecule has 0 saturated carbocycles. The van der Waals surface area contributed by atoms with Crippen LogP contribution in [0.2, 0.25) is 0 Å². The number of carboxylic acids is 1. The highest BCUT2D eigenvalue weighted by atomic mass is 32.2. The van der Waals surface area contributed by atoms with Crippen molar-refractivity contribution in [3.8, 4) is 0 Å². The third-order valence-electron chi connectivity index (χ3n) is 5.18. The van der Waals surface area contributed by atoms with Crippen LogP contribution in [0.3, 0.4) is 0 Å². The third kappa shape index (κ3) is 7.04. The van der Waals surface area contributed by atoms with Gasteiger partial charge < -0.3 is 10.4 Å². The monoisotopic (exact) mass is 577 g/mol. The van der Waals surface area contributed by atoms with Crippen LogP contribution in [0.4, 0.5) is 11.4 Å². The highest BCUT2D eigenvalue weighted by Crippen LogP contribution is 2.44. The van der Waals surface area contributed by atoms with Crippen molar-refractivity contribution in [1.82, 2.24) is 4.90 Å². The molecule has 14 heteroatoms. The van der Waals surface area contributed by atoms with Gasteiger partial charge >= 0.3 is 0 Å². The van der Waals surface area contributed by atoms with Crippen LogP contribution in [-0.2, 0) is 29.3 Å². The van der Waals surface area contributed by atoms with E-state index in [4.69, 9.17) is 26.7 Å². The van der Waals surface area contributed by atoms with E-state index in [0.717, 1.165) is 29.1 Å². The van der Waals surface area contributed by atoms with Crippen molar-refractivity contribution >= 4 is 79.1 Å². The number of benzene rings is 2. The lowest BCUT2D eigenvalue weighted by molar-refractivity contribution is -0.134. The lowest BCUT2D eigenvalue weighted by Gasteiger charge is -2.17. The maximum absolute atomic E-state index is 13.4. The number of carboxylic acid groups (broad SMARTS) is 1. The number of thioether (sulfide) groups is 1. The van der Waals surface area contributed by atoms with Crippen molar-refractivity contribution in [2.45, 2.75) is 13.8 Å². The fourth-order valence-electron chi connectivity index (χ4n) is 3.67. The van der Waals surface area contributed by atoms with Crippen LogP contribution in [0, 0.1) is 6.92 Å². The molecular formula is C24H23N3O8S3. The zero-order chi connectivity index (χ0) is 28.2. The Labute approximate surface area is 228 Å². The second kappa shape index (κ2) is 11.9. The second-order valence-electron chi connectivity index (χ2n) is 8.16. The minimum atomic E-state index is -4.30. The number of nitrogens with zero attached hydrogens (tertiary/aromatic N) is 2. The number of aryl methyl sites for hydroxylation is 1. The normalized spacial score (nSPS) is 16.8. The van der Waals surface area contributed by atoms with Crippen LogP contribution in [0.5, 0.6) is 0 Å². The molecule has 2 aliphatic heterocycles. The number of rotatable bonds is 6. The molecule has 2 heterocycles. The van der Waals surface area contributed by atoms with Gasteiger partial charge in [-0.1, -0.05) is 54.3 Å².